The van der Waals surface area contributed by atoms with Crippen LogP contribution in [-0.4, -0.2) is 22.1 Å². The predicted molar refractivity (Wildman–Crippen MR) is 113 cm³/mol. The number of urea groups is 1. The topological polar surface area (TPSA) is 59.0 Å². The number of amides is 2. The summed E-state index contributed by atoms with van der Waals surface area (Å²) >= 11 is 7.88. The molecule has 0 saturated carbocycles. The number of anilines is 2. The molecule has 3 aromatic rings. The molecule has 2 N–H and O–H groups in total. The quantitative estimate of drug-likeness (QED) is 0.550. The minimum Gasteiger partial charge on any atom is -0.308 e. The van der Waals surface area contributed by atoms with Gasteiger partial charge in [-0.15, -0.1) is 11.8 Å². The highest BCUT2D eigenvalue weighted by atomic mass is 35.5. The van der Waals surface area contributed by atoms with Gasteiger partial charge in [-0.05, 0) is 49.9 Å². The van der Waals surface area contributed by atoms with Gasteiger partial charge in [0.25, 0.3) is 0 Å². The fraction of sp³-hybridized carbons (Fsp3) is 0.200. The van der Waals surface area contributed by atoms with E-state index in [-0.39, 0.29) is 6.03 Å². The van der Waals surface area contributed by atoms with E-state index in [1.807, 2.05) is 73.3 Å². The van der Waals surface area contributed by atoms with E-state index in [1.165, 1.54) is 0 Å². The first kappa shape index (κ1) is 19.3. The van der Waals surface area contributed by atoms with Crippen LogP contribution in [0.2, 0.25) is 5.02 Å². The number of rotatable bonds is 5. The summed E-state index contributed by atoms with van der Waals surface area (Å²) in [6.07, 6.45) is 2.00. The van der Waals surface area contributed by atoms with Crippen LogP contribution in [0.25, 0.3) is 0 Å². The van der Waals surface area contributed by atoms with Crippen molar-refractivity contribution in [2.24, 2.45) is 0 Å². The molecular formula is C20H21ClN4OS. The van der Waals surface area contributed by atoms with Gasteiger partial charge in [-0.2, -0.15) is 5.10 Å². The highest BCUT2D eigenvalue weighted by molar-refractivity contribution is 7.98. The van der Waals surface area contributed by atoms with Gasteiger partial charge in [0.05, 0.1) is 23.6 Å². The number of aromatic nitrogens is 2. The van der Waals surface area contributed by atoms with Gasteiger partial charge >= 0.3 is 6.03 Å². The Morgan fingerprint density at radius 3 is 2.67 bits per heavy atom. The Labute approximate surface area is 168 Å². The SMILES string of the molecule is CSc1cccc(NC(=O)Nc2c(C)nn(Cc3ccccc3Cl)c2C)c1. The van der Waals surface area contributed by atoms with E-state index in [9.17, 15) is 4.79 Å². The first-order chi connectivity index (χ1) is 13.0. The number of benzene rings is 2. The molecule has 0 radical (unpaired) electrons. The van der Waals surface area contributed by atoms with Gasteiger partial charge in [-0.3, -0.25) is 4.68 Å². The molecule has 0 aliphatic carbocycles. The summed E-state index contributed by atoms with van der Waals surface area (Å²) in [5, 5.41) is 11.0. The van der Waals surface area contributed by atoms with Crippen LogP contribution in [0.5, 0.6) is 0 Å². The summed E-state index contributed by atoms with van der Waals surface area (Å²) in [5.74, 6) is 0. The molecule has 1 aromatic heterocycles. The van der Waals surface area contributed by atoms with Crippen molar-refractivity contribution >= 4 is 40.8 Å². The predicted octanol–water partition coefficient (Wildman–Crippen LogP) is 5.57. The van der Waals surface area contributed by atoms with E-state index in [1.54, 1.807) is 11.8 Å². The van der Waals surface area contributed by atoms with Gasteiger partial charge in [0.2, 0.25) is 0 Å². The zero-order valence-corrected chi connectivity index (χ0v) is 17.0. The van der Waals surface area contributed by atoms with Crippen molar-refractivity contribution in [3.8, 4) is 0 Å². The van der Waals surface area contributed by atoms with Gasteiger partial charge in [0.15, 0.2) is 0 Å². The average molecular weight is 401 g/mol. The van der Waals surface area contributed by atoms with Crippen LogP contribution in [0.15, 0.2) is 53.4 Å². The maximum Gasteiger partial charge on any atom is 0.323 e. The third-order valence-electron chi connectivity index (χ3n) is 4.23. The second-order valence-electron chi connectivity index (χ2n) is 6.11. The molecule has 0 spiro atoms. The summed E-state index contributed by atoms with van der Waals surface area (Å²) in [5.41, 5.74) is 4.07. The molecular weight excluding hydrogens is 380 g/mol. The maximum absolute atomic E-state index is 12.4. The molecule has 0 saturated heterocycles. The average Bonchev–Trinajstić information content (AvgIpc) is 2.91. The Balaban J connectivity index is 1.74. The molecule has 0 fully saturated rings. The van der Waals surface area contributed by atoms with Crippen molar-refractivity contribution in [1.82, 2.24) is 9.78 Å². The number of carbonyl (C=O) groups is 1. The Morgan fingerprint density at radius 2 is 1.93 bits per heavy atom. The largest absolute Gasteiger partial charge is 0.323 e. The number of nitrogens with one attached hydrogen (secondary N) is 2. The number of thioether (sulfide) groups is 1. The Kier molecular flexibility index (Phi) is 6.08. The fourth-order valence-electron chi connectivity index (χ4n) is 2.80. The fourth-order valence-corrected chi connectivity index (χ4v) is 3.45. The van der Waals surface area contributed by atoms with E-state index in [0.717, 1.165) is 27.5 Å². The molecule has 0 aliphatic rings. The van der Waals surface area contributed by atoms with Crippen LogP contribution in [0.3, 0.4) is 0 Å². The van der Waals surface area contributed by atoms with E-state index in [4.69, 9.17) is 11.6 Å². The second kappa shape index (κ2) is 8.50. The molecule has 5 nitrogen and oxygen atoms in total. The second-order valence-corrected chi connectivity index (χ2v) is 7.39. The van der Waals surface area contributed by atoms with Crippen molar-refractivity contribution < 1.29 is 4.79 Å². The molecule has 2 aromatic carbocycles. The van der Waals surface area contributed by atoms with Crippen LogP contribution in [0.4, 0.5) is 16.2 Å². The Morgan fingerprint density at radius 1 is 1.15 bits per heavy atom. The molecule has 7 heteroatoms. The lowest BCUT2D eigenvalue weighted by atomic mass is 10.2. The summed E-state index contributed by atoms with van der Waals surface area (Å²) < 4.78 is 1.85. The standard InChI is InChI=1S/C20H21ClN4OS/c1-13-19(23-20(26)22-16-8-6-9-17(11-16)27-3)14(2)25(24-13)12-15-7-4-5-10-18(15)21/h4-11H,12H2,1-3H3,(H2,22,23,26). The molecule has 0 unspecified atom stereocenters. The van der Waals surface area contributed by atoms with Crippen molar-refractivity contribution in [2.75, 3.05) is 16.9 Å². The summed E-state index contributed by atoms with van der Waals surface area (Å²) in [6, 6.07) is 15.1. The summed E-state index contributed by atoms with van der Waals surface area (Å²) in [4.78, 5) is 13.5. The normalized spacial score (nSPS) is 10.7. The van der Waals surface area contributed by atoms with Gasteiger partial charge in [-0.1, -0.05) is 35.9 Å². The number of hydrogen-bond donors (Lipinski definition) is 2. The van der Waals surface area contributed by atoms with E-state index >= 15 is 0 Å². The number of carbonyl (C=O) groups excluding carboxylic acids is 1. The molecule has 3 rings (SSSR count). The van der Waals surface area contributed by atoms with Gasteiger partial charge in [0.1, 0.15) is 0 Å². The van der Waals surface area contributed by atoms with Gasteiger partial charge in [0, 0.05) is 15.6 Å². The third kappa shape index (κ3) is 4.64. The Bertz CT molecular complexity index is 970. The van der Waals surface area contributed by atoms with Crippen molar-refractivity contribution in [2.45, 2.75) is 25.3 Å². The smallest absolute Gasteiger partial charge is 0.308 e. The van der Waals surface area contributed by atoms with Crippen LogP contribution < -0.4 is 10.6 Å². The highest BCUT2D eigenvalue weighted by Crippen LogP contribution is 2.24. The van der Waals surface area contributed by atoms with E-state index in [2.05, 4.69) is 15.7 Å². The minimum atomic E-state index is -0.295. The monoisotopic (exact) mass is 400 g/mol. The lowest BCUT2D eigenvalue weighted by molar-refractivity contribution is 0.262. The Hall–Kier alpha value is -2.44. The zero-order chi connectivity index (χ0) is 19.4. The van der Waals surface area contributed by atoms with E-state index in [0.29, 0.717) is 17.3 Å². The van der Waals surface area contributed by atoms with Gasteiger partial charge in [-0.25, -0.2) is 4.79 Å². The van der Waals surface area contributed by atoms with Crippen LogP contribution in [0, 0.1) is 13.8 Å². The van der Waals surface area contributed by atoms with Crippen molar-refractivity contribution in [3.05, 3.63) is 70.5 Å². The molecule has 2 amide bonds. The first-order valence-electron chi connectivity index (χ1n) is 8.47. The molecule has 0 atom stereocenters. The molecule has 27 heavy (non-hydrogen) atoms. The molecule has 1 heterocycles. The minimum absolute atomic E-state index is 0.295. The molecule has 0 bridgehead atoms. The lowest BCUT2D eigenvalue weighted by Crippen LogP contribution is -2.20. The number of aryl methyl sites for hydroxylation is 1. The number of hydrogen-bond acceptors (Lipinski definition) is 3. The van der Waals surface area contributed by atoms with Crippen LogP contribution >= 0.6 is 23.4 Å². The van der Waals surface area contributed by atoms with Gasteiger partial charge < -0.3 is 10.6 Å². The van der Waals surface area contributed by atoms with E-state index < -0.39 is 0 Å². The summed E-state index contributed by atoms with van der Waals surface area (Å²) in [6.45, 7) is 4.35. The van der Waals surface area contributed by atoms with Crippen molar-refractivity contribution in [1.29, 1.82) is 0 Å². The molecule has 140 valence electrons. The zero-order valence-electron chi connectivity index (χ0n) is 15.4. The third-order valence-corrected chi connectivity index (χ3v) is 5.32. The number of nitrogens with zero attached hydrogens (tertiary/aromatic N) is 2. The lowest BCUT2D eigenvalue weighted by Gasteiger charge is -2.10. The highest BCUT2D eigenvalue weighted by Gasteiger charge is 2.15. The summed E-state index contributed by atoms with van der Waals surface area (Å²) in [7, 11) is 0. The number of halogens is 1. The maximum atomic E-state index is 12.4. The van der Waals surface area contributed by atoms with Crippen molar-refractivity contribution in [3.63, 3.8) is 0 Å². The first-order valence-corrected chi connectivity index (χ1v) is 10.1. The van der Waals surface area contributed by atoms with Crippen LogP contribution in [-0.2, 0) is 6.54 Å². The van der Waals surface area contributed by atoms with Crippen LogP contribution in [0.1, 0.15) is 17.0 Å². The molecule has 0 aliphatic heterocycles.